The molecule has 2 aromatic heterocycles. The third-order valence-corrected chi connectivity index (χ3v) is 11.6. The normalized spacial score (nSPS) is 11.9. The van der Waals surface area contributed by atoms with Gasteiger partial charge < -0.3 is 9.13 Å². The molecule has 0 radical (unpaired) electrons. The Morgan fingerprint density at radius 2 is 0.953 bits per heavy atom. The number of fused-ring (bicyclic) bond motifs is 6. The molecule has 0 amide bonds. The van der Waals surface area contributed by atoms with Crippen LogP contribution in [0.15, 0.2) is 164 Å². The van der Waals surface area contributed by atoms with Gasteiger partial charge in [-0.05, 0) is 101 Å². The van der Waals surface area contributed by atoms with E-state index in [2.05, 4.69) is 17.0 Å². The van der Waals surface area contributed by atoms with E-state index in [0.717, 1.165) is 38.2 Å². The fourth-order valence-electron chi connectivity index (χ4n) is 8.72. The molecule has 0 aliphatic rings. The molecule has 0 saturated heterocycles. The second-order valence-corrected chi connectivity index (χ2v) is 15.3. The number of rotatable bonds is 5. The standard InChI is InChI=1S/C53H27F6N5/c1-62-40-11-7-10-33(23-40)35-17-19-44-42-13-3-5-15-47(42)64(50(44)25-35)51-26-37(30-61)48(28-45(51)36-21-38(52(54,55)56)27-39(22-36)53(57,58)59)63-46-14-4-2-12-41(46)43-18-16-34(24-49(43)63)32-9-6-8-31(20-32)29-60/h2-28H. The van der Waals surface area contributed by atoms with Crippen LogP contribution >= 0.6 is 0 Å². The lowest BCUT2D eigenvalue weighted by molar-refractivity contribution is -0.143. The SMILES string of the molecule is [C-]#[N+]c1cccc(-c2ccc3c4ccccc4n(-c4cc(C#N)c(-n5c6ccccc6c6ccc(-c7cccc(C#N)c7)cc65)cc4-c4cc(C(F)(F)F)cc(C(F)(F)F)c4)c3c2)c1. The van der Waals surface area contributed by atoms with Gasteiger partial charge in [0.05, 0.1) is 68.3 Å². The van der Waals surface area contributed by atoms with Crippen LogP contribution in [-0.4, -0.2) is 9.13 Å². The molecule has 64 heavy (non-hydrogen) atoms. The van der Waals surface area contributed by atoms with Crippen LogP contribution in [0.3, 0.4) is 0 Å². The van der Waals surface area contributed by atoms with Crippen molar-refractivity contribution < 1.29 is 26.3 Å². The summed E-state index contributed by atoms with van der Waals surface area (Å²) < 4.78 is 91.4. The fourth-order valence-corrected chi connectivity index (χ4v) is 8.72. The molecule has 2 heterocycles. The molecule has 10 rings (SSSR count). The van der Waals surface area contributed by atoms with Crippen LogP contribution in [-0.2, 0) is 12.4 Å². The molecule has 0 aliphatic carbocycles. The van der Waals surface area contributed by atoms with Gasteiger partial charge in [-0.2, -0.15) is 36.9 Å². The van der Waals surface area contributed by atoms with Gasteiger partial charge in [-0.1, -0.05) is 91.0 Å². The maximum atomic E-state index is 14.6. The summed E-state index contributed by atoms with van der Waals surface area (Å²) in [5.41, 5.74) is 3.29. The fraction of sp³-hybridized carbons (Fsp3) is 0.0377. The van der Waals surface area contributed by atoms with Gasteiger partial charge >= 0.3 is 12.4 Å². The number of aromatic nitrogens is 2. The highest BCUT2D eigenvalue weighted by Crippen LogP contribution is 2.45. The van der Waals surface area contributed by atoms with E-state index in [9.17, 15) is 36.9 Å². The number of hydrogen-bond donors (Lipinski definition) is 0. The van der Waals surface area contributed by atoms with E-state index >= 15 is 0 Å². The van der Waals surface area contributed by atoms with E-state index in [-0.39, 0.29) is 34.1 Å². The van der Waals surface area contributed by atoms with Gasteiger partial charge in [0, 0.05) is 27.1 Å². The maximum absolute atomic E-state index is 14.6. The number of hydrogen-bond acceptors (Lipinski definition) is 2. The number of alkyl halides is 6. The molecule has 0 fully saturated rings. The summed E-state index contributed by atoms with van der Waals surface area (Å²) in [6.07, 6.45) is -10.3. The Morgan fingerprint density at radius 3 is 1.50 bits per heavy atom. The first-order chi connectivity index (χ1) is 30.8. The van der Waals surface area contributed by atoms with Crippen LogP contribution in [0.5, 0.6) is 0 Å². The predicted molar refractivity (Wildman–Crippen MR) is 237 cm³/mol. The molecule has 306 valence electrons. The minimum atomic E-state index is -5.14. The molecule has 10 aromatic rings. The summed E-state index contributed by atoms with van der Waals surface area (Å²) in [6.45, 7) is 7.57. The lowest BCUT2D eigenvalue weighted by Gasteiger charge is -2.21. The Morgan fingerprint density at radius 1 is 0.438 bits per heavy atom. The summed E-state index contributed by atoms with van der Waals surface area (Å²) in [6, 6.07) is 49.1. The molecule has 0 saturated carbocycles. The second kappa shape index (κ2) is 14.8. The van der Waals surface area contributed by atoms with Crippen molar-refractivity contribution in [3.8, 4) is 56.9 Å². The van der Waals surface area contributed by atoms with Crippen LogP contribution in [0.1, 0.15) is 22.3 Å². The molecule has 0 aliphatic heterocycles. The smallest absolute Gasteiger partial charge is 0.309 e. The Balaban J connectivity index is 1.34. The molecule has 8 aromatic carbocycles. The summed E-state index contributed by atoms with van der Waals surface area (Å²) in [5.74, 6) is 0. The summed E-state index contributed by atoms with van der Waals surface area (Å²) in [4.78, 5) is 3.57. The van der Waals surface area contributed by atoms with Crippen molar-refractivity contribution in [3.05, 3.63) is 197 Å². The van der Waals surface area contributed by atoms with Crippen LogP contribution in [0, 0.1) is 29.2 Å². The first-order valence-corrected chi connectivity index (χ1v) is 19.8. The van der Waals surface area contributed by atoms with Gasteiger partial charge in [0.2, 0.25) is 0 Å². The average molecular weight is 848 g/mol. The predicted octanol–water partition coefficient (Wildman–Crippen LogP) is 15.2. The van der Waals surface area contributed by atoms with Gasteiger partial charge in [0.15, 0.2) is 5.69 Å². The first kappa shape index (κ1) is 39.5. The molecule has 0 N–H and O–H groups in total. The van der Waals surface area contributed by atoms with Crippen molar-refractivity contribution in [1.29, 1.82) is 10.5 Å². The van der Waals surface area contributed by atoms with E-state index in [1.807, 2.05) is 84.9 Å². The maximum Gasteiger partial charge on any atom is 0.416 e. The van der Waals surface area contributed by atoms with Crippen LogP contribution in [0.2, 0.25) is 0 Å². The zero-order valence-corrected chi connectivity index (χ0v) is 33.1. The lowest BCUT2D eigenvalue weighted by atomic mass is 9.95. The van der Waals surface area contributed by atoms with Crippen molar-refractivity contribution in [2.45, 2.75) is 12.4 Å². The average Bonchev–Trinajstić information content (AvgIpc) is 3.82. The van der Waals surface area contributed by atoms with Gasteiger partial charge in [-0.25, -0.2) is 4.85 Å². The van der Waals surface area contributed by atoms with Crippen LogP contribution < -0.4 is 0 Å². The number of halogens is 6. The van der Waals surface area contributed by atoms with Crippen molar-refractivity contribution in [2.75, 3.05) is 0 Å². The molecule has 0 atom stereocenters. The Labute approximate surface area is 360 Å². The van der Waals surface area contributed by atoms with E-state index in [0.29, 0.717) is 51.0 Å². The third kappa shape index (κ3) is 6.57. The first-order valence-electron chi connectivity index (χ1n) is 19.8. The van der Waals surface area contributed by atoms with Gasteiger partial charge in [-0.3, -0.25) is 0 Å². The van der Waals surface area contributed by atoms with Crippen molar-refractivity contribution in [3.63, 3.8) is 0 Å². The molecule has 11 heteroatoms. The molecule has 0 spiro atoms. The number of para-hydroxylation sites is 2. The van der Waals surface area contributed by atoms with E-state index in [4.69, 9.17) is 6.57 Å². The highest BCUT2D eigenvalue weighted by atomic mass is 19.4. The second-order valence-electron chi connectivity index (χ2n) is 15.3. The molecular formula is C53H27F6N5. The zero-order chi connectivity index (χ0) is 44.5. The minimum absolute atomic E-state index is 0.00235. The topological polar surface area (TPSA) is 61.8 Å². The van der Waals surface area contributed by atoms with E-state index in [1.54, 1.807) is 57.7 Å². The lowest BCUT2D eigenvalue weighted by Crippen LogP contribution is -2.11. The van der Waals surface area contributed by atoms with Crippen molar-refractivity contribution in [1.82, 2.24) is 9.13 Å². The number of nitrogens with zero attached hydrogens (tertiary/aromatic N) is 5. The van der Waals surface area contributed by atoms with Crippen LogP contribution in [0.25, 0.3) is 93.2 Å². The Bertz CT molecular complexity index is 3670. The number of nitriles is 2. The third-order valence-electron chi connectivity index (χ3n) is 11.6. The quantitative estimate of drug-likeness (QED) is 0.128. The molecule has 0 unspecified atom stereocenters. The van der Waals surface area contributed by atoms with Crippen molar-refractivity contribution in [2.24, 2.45) is 0 Å². The van der Waals surface area contributed by atoms with E-state index < -0.39 is 23.5 Å². The van der Waals surface area contributed by atoms with Crippen LogP contribution in [0.4, 0.5) is 32.0 Å². The highest BCUT2D eigenvalue weighted by molar-refractivity contribution is 6.12. The largest absolute Gasteiger partial charge is 0.416 e. The highest BCUT2D eigenvalue weighted by Gasteiger charge is 2.37. The number of benzene rings is 8. The van der Waals surface area contributed by atoms with Gasteiger partial charge in [-0.15, -0.1) is 0 Å². The Kier molecular flexibility index (Phi) is 9.14. The van der Waals surface area contributed by atoms with Gasteiger partial charge in [0.1, 0.15) is 6.07 Å². The summed E-state index contributed by atoms with van der Waals surface area (Å²) >= 11 is 0. The zero-order valence-electron chi connectivity index (χ0n) is 33.1. The van der Waals surface area contributed by atoms with Gasteiger partial charge in [0.25, 0.3) is 0 Å². The summed E-state index contributed by atoms with van der Waals surface area (Å²) in [7, 11) is 0. The molecule has 0 bridgehead atoms. The molecular weight excluding hydrogens is 821 g/mol. The molecule has 5 nitrogen and oxygen atoms in total. The van der Waals surface area contributed by atoms with Crippen molar-refractivity contribution >= 4 is 49.3 Å². The Hall–Kier alpha value is -8.59. The monoisotopic (exact) mass is 847 g/mol. The van der Waals surface area contributed by atoms with E-state index in [1.165, 1.54) is 12.1 Å². The minimum Gasteiger partial charge on any atom is -0.309 e. The summed E-state index contributed by atoms with van der Waals surface area (Å²) in [5, 5.41) is 23.8.